The predicted molar refractivity (Wildman–Crippen MR) is 152 cm³/mol. The third-order valence-corrected chi connectivity index (χ3v) is 6.82. The van der Waals surface area contributed by atoms with Gasteiger partial charge in [-0.1, -0.05) is 35.9 Å². The van der Waals surface area contributed by atoms with E-state index in [0.29, 0.717) is 17.9 Å². The van der Waals surface area contributed by atoms with Crippen LogP contribution in [0.25, 0.3) is 11.8 Å². The Morgan fingerprint density at radius 2 is 1.85 bits per heavy atom. The highest BCUT2D eigenvalue weighted by Crippen LogP contribution is 2.15. The smallest absolute Gasteiger partial charge is 0.360 e. The second kappa shape index (κ2) is 13.8. The van der Waals surface area contributed by atoms with Crippen LogP contribution in [0.2, 0.25) is 0 Å². The monoisotopic (exact) mass is 586 g/mol. The van der Waals surface area contributed by atoms with Gasteiger partial charge in [-0.05, 0) is 44.7 Å². The highest BCUT2D eigenvalue weighted by molar-refractivity contribution is 7.07. The average Bonchev–Trinajstić information content (AvgIpc) is 3.21. The molecule has 0 aliphatic rings. The van der Waals surface area contributed by atoms with Crippen LogP contribution < -0.4 is 30.7 Å². The normalized spacial score (nSPS) is 12.6. The van der Waals surface area contributed by atoms with Crippen LogP contribution in [0.3, 0.4) is 0 Å². The van der Waals surface area contributed by atoms with Crippen molar-refractivity contribution in [1.29, 1.82) is 5.26 Å². The maximum absolute atomic E-state index is 12.9. The Kier molecular flexibility index (Phi) is 10.5. The average molecular weight is 587 g/mol. The Morgan fingerprint density at radius 1 is 1.15 bits per heavy atom. The summed E-state index contributed by atoms with van der Waals surface area (Å²) in [6.45, 7) is 2.89. The largest absolute Gasteiger partial charge is 0.405 e. The van der Waals surface area contributed by atoms with E-state index < -0.39 is 29.8 Å². The van der Waals surface area contributed by atoms with Gasteiger partial charge in [0, 0.05) is 30.7 Å². The molecule has 2 amide bonds. The molecule has 0 spiro atoms. The van der Waals surface area contributed by atoms with Crippen molar-refractivity contribution in [1.82, 2.24) is 14.8 Å². The number of nitrogens with one attached hydrogen (secondary N) is 3. The Hall–Kier alpha value is -4.41. The quantitative estimate of drug-likeness (QED) is 0.336. The second-order valence-electron chi connectivity index (χ2n) is 9.18. The first kappa shape index (κ1) is 31.1. The van der Waals surface area contributed by atoms with Gasteiger partial charge in [-0.15, -0.1) is 11.3 Å². The maximum Gasteiger partial charge on any atom is 0.405 e. The number of aromatic nitrogens is 1. The molecular formula is C28H29F3N6O3S. The minimum absolute atomic E-state index is 0.0523. The van der Waals surface area contributed by atoms with E-state index in [1.54, 1.807) is 42.6 Å². The Bertz CT molecular complexity index is 1640. The third-order valence-electron chi connectivity index (χ3n) is 5.69. The zero-order valence-corrected chi connectivity index (χ0v) is 23.4. The SMILES string of the molecule is CCn1c(=C(C#N)C(=O)NCC(F)(F)F)sc(=CNc2cccc(NC(=O)CN(C)Cc3cccc(C)c3)c2)c1=O. The van der Waals surface area contributed by atoms with E-state index >= 15 is 0 Å². The summed E-state index contributed by atoms with van der Waals surface area (Å²) in [5.74, 6) is -1.43. The zero-order chi connectivity index (χ0) is 30.2. The number of nitriles is 1. The summed E-state index contributed by atoms with van der Waals surface area (Å²) in [6.07, 6.45) is -3.27. The van der Waals surface area contributed by atoms with E-state index in [1.807, 2.05) is 37.1 Å². The summed E-state index contributed by atoms with van der Waals surface area (Å²) >= 11 is 0.803. The summed E-state index contributed by atoms with van der Waals surface area (Å²) in [7, 11) is 1.85. The van der Waals surface area contributed by atoms with Crippen molar-refractivity contribution in [3.05, 3.63) is 79.2 Å². The van der Waals surface area contributed by atoms with Crippen LogP contribution in [0.4, 0.5) is 24.5 Å². The number of benzene rings is 2. The number of anilines is 2. The number of alkyl halides is 3. The van der Waals surface area contributed by atoms with Gasteiger partial charge in [-0.3, -0.25) is 23.9 Å². The Labute approximate surface area is 238 Å². The number of aryl methyl sites for hydroxylation is 1. The molecule has 0 saturated heterocycles. The van der Waals surface area contributed by atoms with Crippen LogP contribution in [-0.2, 0) is 22.7 Å². The van der Waals surface area contributed by atoms with Crippen LogP contribution in [0.1, 0.15) is 18.1 Å². The number of halogens is 3. The van der Waals surface area contributed by atoms with Crippen LogP contribution in [-0.4, -0.2) is 47.6 Å². The molecule has 3 N–H and O–H groups in total. The van der Waals surface area contributed by atoms with Crippen LogP contribution in [0.15, 0.2) is 53.3 Å². The Balaban J connectivity index is 1.75. The molecule has 0 aliphatic heterocycles. The lowest BCUT2D eigenvalue weighted by molar-refractivity contribution is -0.135. The summed E-state index contributed by atoms with van der Waals surface area (Å²) in [5, 5.41) is 16.9. The van der Waals surface area contributed by atoms with Crippen molar-refractivity contribution < 1.29 is 22.8 Å². The van der Waals surface area contributed by atoms with Crippen LogP contribution in [0, 0.1) is 18.3 Å². The molecule has 0 saturated carbocycles. The minimum atomic E-state index is -4.65. The predicted octanol–water partition coefficient (Wildman–Crippen LogP) is 2.51. The molecule has 0 fully saturated rings. The molecule has 3 aromatic rings. The van der Waals surface area contributed by atoms with Crippen molar-refractivity contribution in [2.45, 2.75) is 33.1 Å². The van der Waals surface area contributed by atoms with E-state index in [2.05, 4.69) is 16.7 Å². The molecular weight excluding hydrogens is 557 g/mol. The first-order valence-electron chi connectivity index (χ1n) is 12.5. The molecule has 0 atom stereocenters. The molecule has 0 aliphatic carbocycles. The van der Waals surface area contributed by atoms with Crippen molar-refractivity contribution >= 4 is 46.3 Å². The lowest BCUT2D eigenvalue weighted by Crippen LogP contribution is -2.37. The fourth-order valence-corrected chi connectivity index (χ4v) is 5.00. The highest BCUT2D eigenvalue weighted by atomic mass is 32.1. The molecule has 0 unspecified atom stereocenters. The van der Waals surface area contributed by atoms with Gasteiger partial charge in [0.1, 0.15) is 21.8 Å². The number of rotatable bonds is 10. The number of thiazole rings is 1. The van der Waals surface area contributed by atoms with Crippen molar-refractivity contribution in [3.63, 3.8) is 0 Å². The van der Waals surface area contributed by atoms with E-state index in [1.165, 1.54) is 6.20 Å². The standard InChI is InChI=1S/C28H29F3N6O3S/c1-4-37-26(40)23(41-27(37)22(13-32)25(39)34-17-28(29,30)31)14-33-20-9-6-10-21(12-20)35-24(38)16-36(3)15-19-8-5-7-18(2)11-19/h5-12,14,33H,4,15-17H2,1-3H3,(H,34,39)(H,35,38). The van der Waals surface area contributed by atoms with E-state index in [-0.39, 0.29) is 28.2 Å². The number of hydrogen-bond donors (Lipinski definition) is 3. The molecule has 3 rings (SSSR count). The first-order valence-corrected chi connectivity index (χ1v) is 13.3. The van der Waals surface area contributed by atoms with Gasteiger partial charge < -0.3 is 16.0 Å². The van der Waals surface area contributed by atoms with Crippen molar-refractivity contribution in [2.75, 3.05) is 30.8 Å². The van der Waals surface area contributed by atoms with E-state index in [4.69, 9.17) is 0 Å². The lowest BCUT2D eigenvalue weighted by Gasteiger charge is -2.17. The first-order chi connectivity index (χ1) is 19.4. The van der Waals surface area contributed by atoms with Gasteiger partial charge in [-0.2, -0.15) is 18.4 Å². The fourth-order valence-electron chi connectivity index (χ4n) is 3.92. The van der Waals surface area contributed by atoms with Gasteiger partial charge in [0.25, 0.3) is 11.5 Å². The fraction of sp³-hybridized carbons (Fsp3) is 0.286. The van der Waals surface area contributed by atoms with E-state index in [9.17, 15) is 32.8 Å². The number of likely N-dealkylation sites (N-methyl/N-ethyl adjacent to an activating group) is 1. The van der Waals surface area contributed by atoms with Gasteiger partial charge in [-0.25, -0.2) is 0 Å². The van der Waals surface area contributed by atoms with Gasteiger partial charge in [0.15, 0.2) is 5.57 Å². The van der Waals surface area contributed by atoms with E-state index in [0.717, 1.165) is 27.0 Å². The molecule has 0 radical (unpaired) electrons. The number of nitrogens with zero attached hydrogens (tertiary/aromatic N) is 3. The topological polar surface area (TPSA) is 119 Å². The second-order valence-corrected chi connectivity index (χ2v) is 10.2. The summed E-state index contributed by atoms with van der Waals surface area (Å²) in [5.41, 5.74) is 2.20. The number of hydrogen-bond acceptors (Lipinski definition) is 7. The lowest BCUT2D eigenvalue weighted by atomic mass is 10.1. The number of carbonyl (C=O) groups is 2. The maximum atomic E-state index is 12.9. The molecule has 1 heterocycles. The van der Waals surface area contributed by atoms with Gasteiger partial charge in [0.05, 0.1) is 6.54 Å². The zero-order valence-electron chi connectivity index (χ0n) is 22.6. The molecule has 216 valence electrons. The molecule has 2 aromatic carbocycles. The van der Waals surface area contributed by atoms with Crippen molar-refractivity contribution in [2.24, 2.45) is 0 Å². The van der Waals surface area contributed by atoms with Crippen LogP contribution in [0.5, 0.6) is 0 Å². The number of carbonyl (C=O) groups excluding carboxylic acids is 2. The molecule has 13 heteroatoms. The molecule has 41 heavy (non-hydrogen) atoms. The van der Waals surface area contributed by atoms with Gasteiger partial charge in [0.2, 0.25) is 5.91 Å². The molecule has 0 bridgehead atoms. The highest BCUT2D eigenvalue weighted by Gasteiger charge is 2.29. The summed E-state index contributed by atoms with van der Waals surface area (Å²) < 4.78 is 38.8. The third kappa shape index (κ3) is 9.06. The van der Waals surface area contributed by atoms with Crippen molar-refractivity contribution in [3.8, 4) is 6.07 Å². The van der Waals surface area contributed by atoms with Crippen LogP contribution >= 0.6 is 11.3 Å². The molecule has 9 nitrogen and oxygen atoms in total. The Morgan fingerprint density at radius 3 is 2.51 bits per heavy atom. The van der Waals surface area contributed by atoms with Gasteiger partial charge >= 0.3 is 6.18 Å². The minimum Gasteiger partial charge on any atom is -0.360 e. The molecule has 1 aromatic heterocycles. The summed E-state index contributed by atoms with van der Waals surface area (Å²) in [4.78, 5) is 39.6. The summed E-state index contributed by atoms with van der Waals surface area (Å²) in [6, 6.07) is 16.4. The number of amides is 2.